The number of likely N-dealkylation sites (tertiary alicyclic amines) is 1. The van der Waals surface area contributed by atoms with Crippen molar-refractivity contribution in [1.29, 1.82) is 0 Å². The Bertz CT molecular complexity index is 553. The number of carboxylic acid groups (broad SMARTS) is 1. The van der Waals surface area contributed by atoms with Gasteiger partial charge in [0.15, 0.2) is 0 Å². The van der Waals surface area contributed by atoms with Gasteiger partial charge < -0.3 is 30.1 Å². The van der Waals surface area contributed by atoms with E-state index in [1.165, 1.54) is 11.8 Å². The van der Waals surface area contributed by atoms with Gasteiger partial charge in [0.05, 0.1) is 6.42 Å². The maximum Gasteiger partial charge on any atom is 0.405 e. The minimum absolute atomic E-state index is 0.00798. The molecule has 4 atom stereocenters. The number of carbonyl (C=O) groups is 4. The van der Waals surface area contributed by atoms with E-state index in [4.69, 9.17) is 14.6 Å². The van der Waals surface area contributed by atoms with E-state index in [-0.39, 0.29) is 6.42 Å². The fraction of sp³-hybridized carbons (Fsp3) is 0.733. The molecule has 0 aliphatic carbocycles. The third kappa shape index (κ3) is 4.59. The van der Waals surface area contributed by atoms with E-state index in [1.807, 2.05) is 0 Å². The van der Waals surface area contributed by atoms with Crippen LogP contribution in [0.25, 0.3) is 0 Å². The van der Waals surface area contributed by atoms with E-state index >= 15 is 0 Å². The number of rotatable bonds is 6. The maximum absolute atomic E-state index is 12.6. The predicted octanol–water partition coefficient (Wildman–Crippen LogP) is -0.572. The van der Waals surface area contributed by atoms with Gasteiger partial charge in [0.2, 0.25) is 18.1 Å². The van der Waals surface area contributed by atoms with Crippen LogP contribution in [0.1, 0.15) is 33.1 Å². The number of nitrogens with zero attached hydrogens (tertiary/aromatic N) is 1. The topological polar surface area (TPSA) is 134 Å². The van der Waals surface area contributed by atoms with E-state index in [9.17, 15) is 19.2 Å². The Labute approximate surface area is 144 Å². The zero-order valence-electron chi connectivity index (χ0n) is 14.2. The summed E-state index contributed by atoms with van der Waals surface area (Å²) in [5.74, 6) is -1.32. The molecule has 0 bridgehead atoms. The van der Waals surface area contributed by atoms with Gasteiger partial charge in [0.1, 0.15) is 18.1 Å². The Morgan fingerprint density at radius 1 is 1.44 bits per heavy atom. The summed E-state index contributed by atoms with van der Waals surface area (Å²) in [6, 6.07) is -2.26. The second kappa shape index (κ2) is 8.15. The summed E-state index contributed by atoms with van der Waals surface area (Å²) >= 11 is 0. The van der Waals surface area contributed by atoms with Crippen LogP contribution in [-0.2, 0) is 23.9 Å². The lowest BCUT2D eigenvalue weighted by Crippen LogP contribution is -2.54. The van der Waals surface area contributed by atoms with Crippen molar-refractivity contribution < 1.29 is 33.8 Å². The van der Waals surface area contributed by atoms with Crippen molar-refractivity contribution in [1.82, 2.24) is 15.5 Å². The van der Waals surface area contributed by atoms with Crippen molar-refractivity contribution in [2.75, 3.05) is 13.2 Å². The third-order valence-corrected chi connectivity index (χ3v) is 4.17. The first kappa shape index (κ1) is 19.0. The van der Waals surface area contributed by atoms with E-state index in [2.05, 4.69) is 10.6 Å². The number of cyclic esters (lactones) is 1. The minimum Gasteiger partial charge on any atom is -0.465 e. The average molecular weight is 357 g/mol. The van der Waals surface area contributed by atoms with Crippen molar-refractivity contribution in [3.8, 4) is 0 Å². The molecular weight excluding hydrogens is 334 g/mol. The van der Waals surface area contributed by atoms with Gasteiger partial charge in [-0.05, 0) is 26.7 Å². The number of hydrogen-bond acceptors (Lipinski definition) is 6. The van der Waals surface area contributed by atoms with Crippen LogP contribution in [0.3, 0.4) is 0 Å². The summed E-state index contributed by atoms with van der Waals surface area (Å²) in [5, 5.41) is 13.5. The van der Waals surface area contributed by atoms with Gasteiger partial charge in [-0.1, -0.05) is 0 Å². The zero-order valence-corrected chi connectivity index (χ0v) is 14.2. The smallest absolute Gasteiger partial charge is 0.405 e. The molecule has 2 heterocycles. The van der Waals surface area contributed by atoms with Crippen LogP contribution in [0.15, 0.2) is 0 Å². The van der Waals surface area contributed by atoms with Crippen LogP contribution in [-0.4, -0.2) is 71.5 Å². The molecular formula is C15H23N3O7. The molecule has 2 saturated heterocycles. The number of carbonyl (C=O) groups excluding carboxylic acids is 3. The highest BCUT2D eigenvalue weighted by Gasteiger charge is 2.41. The standard InChI is InChI=1S/C15H23N3O7/c1-3-24-14-9(7-11(19)25-14)17-12(20)10-5-4-6-18(10)13(21)8(2)16-15(22)23/h8-10,14,16H,3-7H2,1-2H3,(H,17,20)(H,22,23). The molecule has 0 spiro atoms. The Hall–Kier alpha value is -2.36. The zero-order chi connectivity index (χ0) is 18.6. The van der Waals surface area contributed by atoms with Crippen molar-refractivity contribution in [2.24, 2.45) is 0 Å². The summed E-state index contributed by atoms with van der Waals surface area (Å²) in [7, 11) is 0. The van der Waals surface area contributed by atoms with E-state index in [1.54, 1.807) is 6.92 Å². The van der Waals surface area contributed by atoms with E-state index < -0.39 is 48.3 Å². The molecule has 3 amide bonds. The van der Waals surface area contributed by atoms with E-state index in [0.29, 0.717) is 26.0 Å². The molecule has 2 aliphatic heterocycles. The van der Waals surface area contributed by atoms with Crippen LogP contribution in [0.4, 0.5) is 4.79 Å². The van der Waals surface area contributed by atoms with Crippen LogP contribution >= 0.6 is 0 Å². The van der Waals surface area contributed by atoms with Crippen LogP contribution in [0.5, 0.6) is 0 Å². The molecule has 0 aromatic carbocycles. The molecule has 0 aromatic rings. The maximum atomic E-state index is 12.6. The van der Waals surface area contributed by atoms with Gasteiger partial charge in [-0.15, -0.1) is 0 Å². The number of amides is 3. The molecule has 0 radical (unpaired) electrons. The highest BCUT2D eigenvalue weighted by Crippen LogP contribution is 2.21. The van der Waals surface area contributed by atoms with Gasteiger partial charge >= 0.3 is 12.1 Å². The summed E-state index contributed by atoms with van der Waals surface area (Å²) in [6.07, 6.45) is -1.02. The molecule has 2 aliphatic rings. The Morgan fingerprint density at radius 3 is 2.80 bits per heavy atom. The van der Waals surface area contributed by atoms with Gasteiger partial charge in [-0.2, -0.15) is 0 Å². The van der Waals surface area contributed by atoms with Crippen LogP contribution < -0.4 is 10.6 Å². The summed E-state index contributed by atoms with van der Waals surface area (Å²) in [4.78, 5) is 48.4. The van der Waals surface area contributed by atoms with Crippen LogP contribution in [0, 0.1) is 0 Å². The first-order chi connectivity index (χ1) is 11.8. The van der Waals surface area contributed by atoms with Gasteiger partial charge in [-0.25, -0.2) is 4.79 Å². The second-order valence-electron chi connectivity index (χ2n) is 5.99. The normalized spacial score (nSPS) is 26.9. The summed E-state index contributed by atoms with van der Waals surface area (Å²) in [6.45, 7) is 3.88. The summed E-state index contributed by atoms with van der Waals surface area (Å²) in [5.41, 5.74) is 0. The van der Waals surface area contributed by atoms with Crippen molar-refractivity contribution in [2.45, 2.75) is 57.5 Å². The van der Waals surface area contributed by atoms with Crippen molar-refractivity contribution in [3.63, 3.8) is 0 Å². The lowest BCUT2D eigenvalue weighted by atomic mass is 10.1. The molecule has 2 fully saturated rings. The molecule has 3 N–H and O–H groups in total. The fourth-order valence-corrected chi connectivity index (χ4v) is 3.05. The molecule has 10 heteroatoms. The summed E-state index contributed by atoms with van der Waals surface area (Å²) < 4.78 is 10.3. The first-order valence-corrected chi connectivity index (χ1v) is 8.24. The monoisotopic (exact) mass is 357 g/mol. The van der Waals surface area contributed by atoms with E-state index in [0.717, 1.165) is 0 Å². The first-order valence-electron chi connectivity index (χ1n) is 8.24. The highest BCUT2D eigenvalue weighted by molar-refractivity contribution is 5.91. The third-order valence-electron chi connectivity index (χ3n) is 4.17. The van der Waals surface area contributed by atoms with Gasteiger partial charge in [0, 0.05) is 13.2 Å². The SMILES string of the molecule is CCOC1OC(=O)CC1NC(=O)C1CCCN1C(=O)C(C)NC(=O)O. The van der Waals surface area contributed by atoms with Crippen molar-refractivity contribution in [3.05, 3.63) is 0 Å². The predicted molar refractivity (Wildman–Crippen MR) is 83.4 cm³/mol. The number of nitrogens with one attached hydrogen (secondary N) is 2. The lowest BCUT2D eigenvalue weighted by molar-refractivity contribution is -0.164. The average Bonchev–Trinajstić information content (AvgIpc) is 3.13. The Morgan fingerprint density at radius 2 is 2.16 bits per heavy atom. The number of esters is 1. The quantitative estimate of drug-likeness (QED) is 0.542. The molecule has 25 heavy (non-hydrogen) atoms. The number of hydrogen-bond donors (Lipinski definition) is 3. The molecule has 0 saturated carbocycles. The second-order valence-corrected chi connectivity index (χ2v) is 5.99. The lowest BCUT2D eigenvalue weighted by Gasteiger charge is -2.28. The molecule has 2 rings (SSSR count). The number of ether oxygens (including phenoxy) is 2. The van der Waals surface area contributed by atoms with Gasteiger partial charge in [-0.3, -0.25) is 14.4 Å². The Balaban J connectivity index is 1.99. The van der Waals surface area contributed by atoms with Crippen LogP contribution in [0.2, 0.25) is 0 Å². The van der Waals surface area contributed by atoms with Crippen molar-refractivity contribution >= 4 is 23.9 Å². The molecule has 10 nitrogen and oxygen atoms in total. The minimum atomic E-state index is -1.30. The molecule has 140 valence electrons. The fourth-order valence-electron chi connectivity index (χ4n) is 3.05. The highest BCUT2D eigenvalue weighted by atomic mass is 16.7. The van der Waals surface area contributed by atoms with Gasteiger partial charge in [0.25, 0.3) is 0 Å². The Kier molecular flexibility index (Phi) is 6.18. The largest absolute Gasteiger partial charge is 0.465 e. The molecule has 0 aromatic heterocycles. The molecule has 4 unspecified atom stereocenters.